The van der Waals surface area contributed by atoms with Crippen LogP contribution in [-0.4, -0.2) is 18.3 Å². The van der Waals surface area contributed by atoms with Gasteiger partial charge in [-0.3, -0.25) is 10.2 Å². The second-order valence-corrected chi connectivity index (χ2v) is 4.14. The fourth-order valence-electron chi connectivity index (χ4n) is 1.62. The van der Waals surface area contributed by atoms with Crippen LogP contribution in [-0.2, 0) is 4.79 Å². The highest BCUT2D eigenvalue weighted by Gasteiger charge is 2.04. The van der Waals surface area contributed by atoms with Gasteiger partial charge >= 0.3 is 0 Å². The molecule has 2 aromatic rings. The minimum Gasteiger partial charge on any atom is -0.484 e. The summed E-state index contributed by atoms with van der Waals surface area (Å²) in [5, 5.41) is 10.1. The third kappa shape index (κ3) is 5.16. The van der Waals surface area contributed by atoms with Crippen LogP contribution in [0.5, 0.6) is 5.75 Å². The van der Waals surface area contributed by atoms with Crippen LogP contribution in [0.2, 0.25) is 0 Å². The van der Waals surface area contributed by atoms with Gasteiger partial charge in [-0.1, -0.05) is 30.3 Å². The monoisotopic (exact) mass is 305 g/mol. The number of benzene rings is 2. The van der Waals surface area contributed by atoms with Crippen LogP contribution in [0.3, 0.4) is 0 Å². The molecule has 21 heavy (non-hydrogen) atoms. The van der Waals surface area contributed by atoms with Crippen molar-refractivity contribution in [2.45, 2.75) is 0 Å². The number of hydrogen-bond acceptors (Lipinski definition) is 3. The number of halogens is 1. The molecule has 0 spiro atoms. The molecule has 0 saturated carbocycles. The highest BCUT2D eigenvalue weighted by molar-refractivity contribution is 5.95. The van der Waals surface area contributed by atoms with Gasteiger partial charge in [-0.25, -0.2) is 0 Å². The molecule has 0 bridgehead atoms. The van der Waals surface area contributed by atoms with Gasteiger partial charge < -0.3 is 15.8 Å². The average Bonchev–Trinajstić information content (AvgIpc) is 2.46. The molecule has 1 amide bonds. The van der Waals surface area contributed by atoms with E-state index >= 15 is 0 Å². The molecule has 0 fully saturated rings. The summed E-state index contributed by atoms with van der Waals surface area (Å²) in [6.45, 7) is -0.101. The first-order valence-electron chi connectivity index (χ1n) is 6.07. The third-order valence-corrected chi connectivity index (χ3v) is 2.57. The van der Waals surface area contributed by atoms with Crippen LogP contribution in [0.4, 0.5) is 5.69 Å². The number of rotatable bonds is 5. The molecule has 0 saturated heterocycles. The largest absolute Gasteiger partial charge is 0.484 e. The number of nitrogen functional groups attached to an aromatic ring is 1. The molecule has 6 heteroatoms. The summed E-state index contributed by atoms with van der Waals surface area (Å²) in [6.07, 6.45) is 0. The van der Waals surface area contributed by atoms with E-state index in [4.69, 9.17) is 15.9 Å². The summed E-state index contributed by atoms with van der Waals surface area (Å²) in [6, 6.07) is 15.9. The normalized spacial score (nSPS) is 9.33. The Bertz CT molecular complexity index is 617. The van der Waals surface area contributed by atoms with Crippen LogP contribution in [0.1, 0.15) is 5.56 Å². The topological polar surface area (TPSA) is 88.2 Å². The third-order valence-electron chi connectivity index (χ3n) is 2.57. The van der Waals surface area contributed by atoms with E-state index in [1.165, 1.54) is 0 Å². The van der Waals surface area contributed by atoms with Crippen molar-refractivity contribution in [3.05, 3.63) is 60.2 Å². The summed E-state index contributed by atoms with van der Waals surface area (Å²) in [5.74, 6) is 0.217. The molecule has 0 aliphatic carbocycles. The van der Waals surface area contributed by atoms with Gasteiger partial charge in [0.25, 0.3) is 5.91 Å². The van der Waals surface area contributed by atoms with E-state index in [1.54, 1.807) is 36.4 Å². The van der Waals surface area contributed by atoms with Gasteiger partial charge in [-0.05, 0) is 24.3 Å². The highest BCUT2D eigenvalue weighted by Crippen LogP contribution is 2.13. The Hall–Kier alpha value is -2.53. The van der Waals surface area contributed by atoms with Crippen molar-refractivity contribution >= 4 is 29.8 Å². The lowest BCUT2D eigenvalue weighted by Crippen LogP contribution is -2.20. The molecular weight excluding hydrogens is 290 g/mol. The zero-order chi connectivity index (χ0) is 14.4. The fraction of sp³-hybridized carbons (Fsp3) is 0.0667. The standard InChI is InChI=1S/C15H15N3O2.ClH/c16-15(17)11-5-4-8-13(9-11)20-10-14(19)18-12-6-2-1-3-7-12;/h1-9H,10H2,(H3,16,17)(H,18,19);1H. The number of para-hydroxylation sites is 1. The van der Waals surface area contributed by atoms with E-state index in [0.29, 0.717) is 11.3 Å². The van der Waals surface area contributed by atoms with Crippen LogP contribution >= 0.6 is 12.4 Å². The van der Waals surface area contributed by atoms with Crippen LogP contribution in [0.15, 0.2) is 54.6 Å². The molecule has 2 rings (SSSR count). The number of carbonyl (C=O) groups is 1. The van der Waals surface area contributed by atoms with Crippen molar-refractivity contribution < 1.29 is 9.53 Å². The first-order chi connectivity index (χ1) is 9.65. The minimum absolute atomic E-state index is 0. The number of amides is 1. The summed E-state index contributed by atoms with van der Waals surface area (Å²) in [4.78, 5) is 11.7. The van der Waals surface area contributed by atoms with E-state index in [-0.39, 0.29) is 30.8 Å². The minimum atomic E-state index is -0.246. The van der Waals surface area contributed by atoms with Gasteiger partial charge in [0.15, 0.2) is 6.61 Å². The predicted octanol–water partition coefficient (Wildman–Crippen LogP) is 2.41. The molecule has 110 valence electrons. The number of nitrogens with one attached hydrogen (secondary N) is 2. The lowest BCUT2D eigenvalue weighted by molar-refractivity contribution is -0.118. The first kappa shape index (κ1) is 16.5. The van der Waals surface area contributed by atoms with Crippen LogP contribution in [0, 0.1) is 5.41 Å². The maximum Gasteiger partial charge on any atom is 0.262 e. The van der Waals surface area contributed by atoms with Crippen molar-refractivity contribution in [3.63, 3.8) is 0 Å². The molecule has 0 aliphatic rings. The number of nitrogens with two attached hydrogens (primary N) is 1. The predicted molar refractivity (Wildman–Crippen MR) is 85.3 cm³/mol. The molecule has 2 aromatic carbocycles. The van der Waals surface area contributed by atoms with E-state index in [9.17, 15) is 4.79 Å². The van der Waals surface area contributed by atoms with Gasteiger partial charge in [0.05, 0.1) is 0 Å². The van der Waals surface area contributed by atoms with Crippen molar-refractivity contribution in [3.8, 4) is 5.75 Å². The smallest absolute Gasteiger partial charge is 0.262 e. The average molecular weight is 306 g/mol. The molecule has 0 radical (unpaired) electrons. The number of anilines is 1. The quantitative estimate of drug-likeness (QED) is 0.585. The van der Waals surface area contributed by atoms with E-state index < -0.39 is 0 Å². The van der Waals surface area contributed by atoms with Crippen molar-refractivity contribution in [1.29, 1.82) is 5.41 Å². The Kier molecular flexibility index (Phi) is 6.23. The number of amidine groups is 1. The Labute approximate surface area is 129 Å². The zero-order valence-electron chi connectivity index (χ0n) is 11.2. The van der Waals surface area contributed by atoms with Gasteiger partial charge in [0, 0.05) is 11.3 Å². The lowest BCUT2D eigenvalue weighted by Gasteiger charge is -2.08. The summed E-state index contributed by atoms with van der Waals surface area (Å²) < 4.78 is 5.37. The summed E-state index contributed by atoms with van der Waals surface area (Å²) in [5.41, 5.74) is 6.67. The van der Waals surface area contributed by atoms with Gasteiger partial charge in [-0.15, -0.1) is 12.4 Å². The second kappa shape index (κ2) is 7.91. The lowest BCUT2D eigenvalue weighted by atomic mass is 10.2. The van der Waals surface area contributed by atoms with E-state index in [2.05, 4.69) is 5.32 Å². The highest BCUT2D eigenvalue weighted by atomic mass is 35.5. The fourth-order valence-corrected chi connectivity index (χ4v) is 1.62. The number of ether oxygens (including phenoxy) is 1. The summed E-state index contributed by atoms with van der Waals surface area (Å²) in [7, 11) is 0. The van der Waals surface area contributed by atoms with Crippen molar-refractivity contribution in [1.82, 2.24) is 0 Å². The van der Waals surface area contributed by atoms with Crippen molar-refractivity contribution in [2.24, 2.45) is 5.73 Å². The maximum atomic E-state index is 11.7. The molecule has 0 aliphatic heterocycles. The molecule has 4 N–H and O–H groups in total. The van der Waals surface area contributed by atoms with E-state index in [1.807, 2.05) is 18.2 Å². The zero-order valence-corrected chi connectivity index (χ0v) is 12.0. The Balaban J connectivity index is 0.00000220. The number of hydrogen-bond donors (Lipinski definition) is 3. The molecule has 0 atom stereocenters. The summed E-state index contributed by atoms with van der Waals surface area (Å²) >= 11 is 0. The molecule has 0 heterocycles. The first-order valence-corrected chi connectivity index (χ1v) is 6.07. The van der Waals surface area contributed by atoms with Crippen LogP contribution < -0.4 is 15.8 Å². The maximum absolute atomic E-state index is 11.7. The Morgan fingerprint density at radius 2 is 1.86 bits per heavy atom. The van der Waals surface area contributed by atoms with Crippen LogP contribution in [0.25, 0.3) is 0 Å². The van der Waals surface area contributed by atoms with Crippen molar-refractivity contribution in [2.75, 3.05) is 11.9 Å². The number of carbonyl (C=O) groups excluding carboxylic acids is 1. The Morgan fingerprint density at radius 3 is 2.52 bits per heavy atom. The second-order valence-electron chi connectivity index (χ2n) is 4.14. The van der Waals surface area contributed by atoms with Gasteiger partial charge in [0.2, 0.25) is 0 Å². The molecule has 5 nitrogen and oxygen atoms in total. The molecule has 0 aromatic heterocycles. The SMILES string of the molecule is Cl.N=C(N)c1cccc(OCC(=O)Nc2ccccc2)c1. The molecule has 0 unspecified atom stereocenters. The van der Waals surface area contributed by atoms with E-state index in [0.717, 1.165) is 5.69 Å². The molecular formula is C15H16ClN3O2. The Morgan fingerprint density at radius 1 is 1.14 bits per heavy atom. The van der Waals surface area contributed by atoms with Gasteiger partial charge in [0.1, 0.15) is 11.6 Å². The van der Waals surface area contributed by atoms with Gasteiger partial charge in [-0.2, -0.15) is 0 Å².